The maximum absolute atomic E-state index is 13.2. The molecule has 0 atom stereocenters. The normalized spacial score (nSPS) is 11.2. The second kappa shape index (κ2) is 8.40. The van der Waals surface area contributed by atoms with E-state index >= 15 is 0 Å². The number of anilines is 1. The van der Waals surface area contributed by atoms with Crippen LogP contribution in [-0.4, -0.2) is 11.0 Å². The third-order valence-electron chi connectivity index (χ3n) is 3.91. The number of pyridine rings is 1. The van der Waals surface area contributed by atoms with E-state index in [4.69, 9.17) is 22.1 Å². The van der Waals surface area contributed by atoms with Crippen LogP contribution in [0.4, 0.5) is 23.7 Å². The highest BCUT2D eigenvalue weighted by Gasteiger charge is 2.31. The Labute approximate surface area is 169 Å². The quantitative estimate of drug-likeness (QED) is 0.571. The summed E-state index contributed by atoms with van der Waals surface area (Å²) in [5.74, 6) is 0.235. The van der Waals surface area contributed by atoms with Crippen molar-refractivity contribution in [2.24, 2.45) is 5.73 Å². The minimum absolute atomic E-state index is 0.0281. The van der Waals surface area contributed by atoms with Crippen LogP contribution in [0.5, 0.6) is 5.75 Å². The predicted molar refractivity (Wildman–Crippen MR) is 104 cm³/mol. The van der Waals surface area contributed by atoms with Gasteiger partial charge in [0, 0.05) is 16.8 Å². The van der Waals surface area contributed by atoms with Gasteiger partial charge < -0.3 is 15.8 Å². The van der Waals surface area contributed by atoms with Gasteiger partial charge in [-0.2, -0.15) is 13.2 Å². The van der Waals surface area contributed by atoms with E-state index in [1.807, 2.05) is 0 Å². The number of alkyl halides is 3. The molecule has 0 fully saturated rings. The van der Waals surface area contributed by atoms with Gasteiger partial charge in [-0.3, -0.25) is 4.98 Å². The van der Waals surface area contributed by atoms with Crippen LogP contribution in [0.15, 0.2) is 60.8 Å². The van der Waals surface area contributed by atoms with Gasteiger partial charge >= 0.3 is 12.2 Å². The fourth-order valence-corrected chi connectivity index (χ4v) is 2.87. The minimum Gasteiger partial charge on any atom is -0.487 e. The number of carbonyl (C=O) groups is 1. The Morgan fingerprint density at radius 1 is 1.14 bits per heavy atom. The van der Waals surface area contributed by atoms with Crippen LogP contribution in [0.3, 0.4) is 0 Å². The number of nitrogens with two attached hydrogens (primary N) is 1. The Balaban J connectivity index is 2.02. The monoisotopic (exact) mass is 421 g/mol. The van der Waals surface area contributed by atoms with E-state index in [0.29, 0.717) is 5.02 Å². The molecule has 0 bridgehead atoms. The van der Waals surface area contributed by atoms with Gasteiger partial charge in [-0.15, -0.1) is 0 Å². The number of aromatic nitrogens is 1. The molecule has 0 saturated heterocycles. The Hall–Kier alpha value is -3.26. The van der Waals surface area contributed by atoms with Crippen LogP contribution in [0.25, 0.3) is 11.3 Å². The largest absolute Gasteiger partial charge is 0.487 e. The number of ether oxygens (including phenoxy) is 1. The maximum Gasteiger partial charge on any atom is 0.416 e. The van der Waals surface area contributed by atoms with Crippen molar-refractivity contribution in [3.05, 3.63) is 76.9 Å². The van der Waals surface area contributed by atoms with Crippen LogP contribution >= 0.6 is 11.6 Å². The number of hydrogen-bond acceptors (Lipinski definition) is 3. The molecule has 1 heterocycles. The fourth-order valence-electron chi connectivity index (χ4n) is 2.66. The molecule has 1 aromatic heterocycles. The Bertz CT molecular complexity index is 1040. The highest BCUT2D eigenvalue weighted by atomic mass is 35.5. The Morgan fingerprint density at radius 3 is 2.62 bits per heavy atom. The number of rotatable bonds is 5. The highest BCUT2D eigenvalue weighted by Crippen LogP contribution is 2.38. The SMILES string of the molecule is NC(=O)Nc1ccc(C(F)(F)F)cc1-c1ncccc1OCc1cccc(Cl)c1. The van der Waals surface area contributed by atoms with Gasteiger partial charge in [0.05, 0.1) is 11.3 Å². The number of halogens is 4. The number of benzene rings is 2. The molecular weight excluding hydrogens is 407 g/mol. The minimum atomic E-state index is -4.57. The van der Waals surface area contributed by atoms with E-state index < -0.39 is 17.8 Å². The van der Waals surface area contributed by atoms with Gasteiger partial charge in [0.1, 0.15) is 18.1 Å². The third-order valence-corrected chi connectivity index (χ3v) is 4.15. The first kappa shape index (κ1) is 20.5. The van der Waals surface area contributed by atoms with E-state index in [0.717, 1.165) is 23.8 Å². The summed E-state index contributed by atoms with van der Waals surface area (Å²) in [6.07, 6.45) is -3.16. The molecule has 0 radical (unpaired) electrons. The van der Waals surface area contributed by atoms with Gasteiger partial charge in [-0.05, 0) is 48.0 Å². The molecule has 0 aliphatic rings. The third kappa shape index (κ3) is 5.17. The van der Waals surface area contributed by atoms with Crippen LogP contribution in [0.1, 0.15) is 11.1 Å². The van der Waals surface area contributed by atoms with Crippen molar-refractivity contribution >= 4 is 23.3 Å². The molecule has 0 unspecified atom stereocenters. The fraction of sp³-hybridized carbons (Fsp3) is 0.100. The first-order chi connectivity index (χ1) is 13.7. The van der Waals surface area contributed by atoms with Crippen LogP contribution in [0.2, 0.25) is 5.02 Å². The standard InChI is InChI=1S/C20H15ClF3N3O2/c21-14-4-1-3-12(9-14)11-29-17-5-2-8-26-18(17)15-10-13(20(22,23)24)6-7-16(15)27-19(25)28/h1-10H,11H2,(H3,25,27,28). The zero-order chi connectivity index (χ0) is 21.0. The molecule has 2 aromatic carbocycles. The first-order valence-electron chi connectivity index (χ1n) is 8.34. The molecule has 3 rings (SSSR count). The Morgan fingerprint density at radius 2 is 1.93 bits per heavy atom. The number of primary amides is 1. The molecule has 5 nitrogen and oxygen atoms in total. The predicted octanol–water partition coefficient (Wildman–Crippen LogP) is 5.49. The average molecular weight is 422 g/mol. The molecule has 0 aliphatic carbocycles. The van der Waals surface area contributed by atoms with Crippen LogP contribution < -0.4 is 15.8 Å². The van der Waals surface area contributed by atoms with Crippen molar-refractivity contribution < 1.29 is 22.7 Å². The molecule has 0 aliphatic heterocycles. The summed E-state index contributed by atoms with van der Waals surface area (Å²) in [6, 6.07) is 12.1. The zero-order valence-corrected chi connectivity index (χ0v) is 15.6. The van der Waals surface area contributed by atoms with Gasteiger partial charge in [-0.1, -0.05) is 23.7 Å². The number of amides is 2. The number of urea groups is 1. The number of hydrogen-bond donors (Lipinski definition) is 2. The zero-order valence-electron chi connectivity index (χ0n) is 14.8. The lowest BCUT2D eigenvalue weighted by molar-refractivity contribution is -0.137. The number of carbonyl (C=O) groups excluding carboxylic acids is 1. The molecule has 150 valence electrons. The number of nitrogens with one attached hydrogen (secondary N) is 1. The van der Waals surface area contributed by atoms with E-state index in [-0.39, 0.29) is 29.3 Å². The highest BCUT2D eigenvalue weighted by molar-refractivity contribution is 6.30. The van der Waals surface area contributed by atoms with E-state index in [1.165, 1.54) is 6.20 Å². The first-order valence-corrected chi connectivity index (χ1v) is 8.72. The summed E-state index contributed by atoms with van der Waals surface area (Å²) in [4.78, 5) is 15.4. The van der Waals surface area contributed by atoms with Gasteiger partial charge in [0.25, 0.3) is 0 Å². The molecule has 29 heavy (non-hydrogen) atoms. The summed E-state index contributed by atoms with van der Waals surface area (Å²) >= 11 is 5.96. The molecule has 3 N–H and O–H groups in total. The topological polar surface area (TPSA) is 77.2 Å². The second-order valence-electron chi connectivity index (χ2n) is 6.02. The van der Waals surface area contributed by atoms with Crippen molar-refractivity contribution in [3.8, 4) is 17.0 Å². The summed E-state index contributed by atoms with van der Waals surface area (Å²) < 4.78 is 45.4. The van der Waals surface area contributed by atoms with Crippen LogP contribution in [-0.2, 0) is 12.8 Å². The second-order valence-corrected chi connectivity index (χ2v) is 6.45. The van der Waals surface area contributed by atoms with E-state index in [1.54, 1.807) is 36.4 Å². The van der Waals surface area contributed by atoms with E-state index in [9.17, 15) is 18.0 Å². The number of nitrogens with zero attached hydrogens (tertiary/aromatic N) is 1. The van der Waals surface area contributed by atoms with Crippen molar-refractivity contribution in [1.29, 1.82) is 0 Å². The van der Waals surface area contributed by atoms with E-state index in [2.05, 4.69) is 10.3 Å². The lowest BCUT2D eigenvalue weighted by Crippen LogP contribution is -2.20. The smallest absolute Gasteiger partial charge is 0.416 e. The summed E-state index contributed by atoms with van der Waals surface area (Å²) in [7, 11) is 0. The van der Waals surface area contributed by atoms with Crippen molar-refractivity contribution in [2.75, 3.05) is 5.32 Å². The molecule has 3 aromatic rings. The molecular formula is C20H15ClF3N3O2. The lowest BCUT2D eigenvalue weighted by Gasteiger charge is -2.16. The van der Waals surface area contributed by atoms with Crippen molar-refractivity contribution in [1.82, 2.24) is 4.98 Å². The van der Waals surface area contributed by atoms with Crippen LogP contribution in [0, 0.1) is 0 Å². The molecule has 0 spiro atoms. The summed E-state index contributed by atoms with van der Waals surface area (Å²) in [6.45, 7) is 0.122. The van der Waals surface area contributed by atoms with Crippen molar-refractivity contribution in [2.45, 2.75) is 12.8 Å². The molecule has 9 heteroatoms. The summed E-state index contributed by atoms with van der Waals surface area (Å²) in [5.41, 5.74) is 5.26. The average Bonchev–Trinajstić information content (AvgIpc) is 2.66. The van der Waals surface area contributed by atoms with Gasteiger partial charge in [0.2, 0.25) is 0 Å². The summed E-state index contributed by atoms with van der Waals surface area (Å²) in [5, 5.41) is 2.85. The van der Waals surface area contributed by atoms with Gasteiger partial charge in [0.15, 0.2) is 0 Å². The molecule has 2 amide bonds. The van der Waals surface area contributed by atoms with Crippen molar-refractivity contribution in [3.63, 3.8) is 0 Å². The van der Waals surface area contributed by atoms with Gasteiger partial charge in [-0.25, -0.2) is 4.79 Å². The lowest BCUT2D eigenvalue weighted by atomic mass is 10.0. The molecule has 0 saturated carbocycles. The Kier molecular flexibility index (Phi) is 5.93. The maximum atomic E-state index is 13.2.